The molecule has 4 rings (SSSR count). The van der Waals surface area contributed by atoms with E-state index in [2.05, 4.69) is 23.5 Å². The lowest BCUT2D eigenvalue weighted by Crippen LogP contribution is -2.18. The lowest BCUT2D eigenvalue weighted by Gasteiger charge is -2.19. The number of ether oxygens (including phenoxy) is 1. The molecule has 1 saturated carbocycles. The van der Waals surface area contributed by atoms with Gasteiger partial charge in [-0.15, -0.1) is 0 Å². The number of nitrogens with one attached hydrogen (secondary N) is 1. The SMILES string of the molecule is COc1cc2c(cc1NC1CCCCCC1)oc1ccccc12. The zero-order valence-electron chi connectivity index (χ0n) is 13.6. The molecule has 1 aliphatic carbocycles. The zero-order chi connectivity index (χ0) is 15.6. The van der Waals surface area contributed by atoms with E-state index in [9.17, 15) is 0 Å². The van der Waals surface area contributed by atoms with E-state index >= 15 is 0 Å². The molecule has 1 heterocycles. The summed E-state index contributed by atoms with van der Waals surface area (Å²) in [6, 6.07) is 12.9. The fourth-order valence-electron chi connectivity index (χ4n) is 3.68. The van der Waals surface area contributed by atoms with Crippen molar-refractivity contribution in [3.63, 3.8) is 0 Å². The molecule has 0 saturated heterocycles. The second-order valence-corrected chi connectivity index (χ2v) is 6.48. The van der Waals surface area contributed by atoms with Crippen LogP contribution in [0.4, 0.5) is 5.69 Å². The quantitative estimate of drug-likeness (QED) is 0.627. The molecule has 3 nitrogen and oxygen atoms in total. The number of anilines is 1. The van der Waals surface area contributed by atoms with Crippen LogP contribution in [0.25, 0.3) is 21.9 Å². The van der Waals surface area contributed by atoms with Crippen LogP contribution in [0.5, 0.6) is 5.75 Å². The molecule has 0 amide bonds. The minimum absolute atomic E-state index is 0.535. The smallest absolute Gasteiger partial charge is 0.142 e. The van der Waals surface area contributed by atoms with E-state index in [1.807, 2.05) is 18.2 Å². The molecule has 0 aliphatic heterocycles. The van der Waals surface area contributed by atoms with Gasteiger partial charge < -0.3 is 14.5 Å². The summed E-state index contributed by atoms with van der Waals surface area (Å²) in [6.07, 6.45) is 7.82. The molecule has 3 heteroatoms. The van der Waals surface area contributed by atoms with Gasteiger partial charge in [-0.2, -0.15) is 0 Å². The van der Waals surface area contributed by atoms with Crippen molar-refractivity contribution in [3.8, 4) is 5.75 Å². The van der Waals surface area contributed by atoms with Gasteiger partial charge in [0.05, 0.1) is 12.8 Å². The lowest BCUT2D eigenvalue weighted by atomic mass is 10.1. The Morgan fingerprint density at radius 3 is 2.52 bits per heavy atom. The first-order valence-electron chi connectivity index (χ1n) is 8.61. The summed E-state index contributed by atoms with van der Waals surface area (Å²) in [4.78, 5) is 0. The molecular formula is C20H23NO2. The number of fused-ring (bicyclic) bond motifs is 3. The van der Waals surface area contributed by atoms with Crippen LogP contribution in [0.15, 0.2) is 40.8 Å². The second kappa shape index (κ2) is 6.15. The van der Waals surface area contributed by atoms with Gasteiger partial charge in [0.1, 0.15) is 16.9 Å². The molecule has 0 spiro atoms. The lowest BCUT2D eigenvalue weighted by molar-refractivity contribution is 0.416. The van der Waals surface area contributed by atoms with Crippen molar-refractivity contribution in [2.24, 2.45) is 0 Å². The number of rotatable bonds is 3. The van der Waals surface area contributed by atoms with Crippen molar-refractivity contribution in [1.82, 2.24) is 0 Å². The first-order valence-corrected chi connectivity index (χ1v) is 8.61. The number of hydrogen-bond donors (Lipinski definition) is 1. The molecule has 23 heavy (non-hydrogen) atoms. The maximum absolute atomic E-state index is 6.01. The van der Waals surface area contributed by atoms with Crippen molar-refractivity contribution in [2.75, 3.05) is 12.4 Å². The summed E-state index contributed by atoms with van der Waals surface area (Å²) in [6.45, 7) is 0. The maximum atomic E-state index is 6.01. The predicted molar refractivity (Wildman–Crippen MR) is 95.4 cm³/mol. The van der Waals surface area contributed by atoms with Gasteiger partial charge in [-0.1, -0.05) is 43.9 Å². The normalized spacial score (nSPS) is 16.6. The van der Waals surface area contributed by atoms with Crippen LogP contribution in [0.3, 0.4) is 0 Å². The topological polar surface area (TPSA) is 34.4 Å². The molecule has 3 aromatic rings. The van der Waals surface area contributed by atoms with Crippen molar-refractivity contribution in [1.29, 1.82) is 0 Å². The molecule has 0 unspecified atom stereocenters. The van der Waals surface area contributed by atoms with E-state index in [1.54, 1.807) is 7.11 Å². The van der Waals surface area contributed by atoms with Crippen LogP contribution >= 0.6 is 0 Å². The van der Waals surface area contributed by atoms with E-state index in [-0.39, 0.29) is 0 Å². The van der Waals surface area contributed by atoms with Crippen molar-refractivity contribution >= 4 is 27.6 Å². The van der Waals surface area contributed by atoms with E-state index in [0.717, 1.165) is 33.4 Å². The first kappa shape index (κ1) is 14.4. The van der Waals surface area contributed by atoms with Gasteiger partial charge in [-0.3, -0.25) is 0 Å². The predicted octanol–water partition coefficient (Wildman–Crippen LogP) is 5.73. The Labute approximate surface area is 136 Å². The largest absolute Gasteiger partial charge is 0.495 e. The van der Waals surface area contributed by atoms with E-state index in [4.69, 9.17) is 9.15 Å². The Bertz CT molecular complexity index is 813. The van der Waals surface area contributed by atoms with Gasteiger partial charge in [0.15, 0.2) is 0 Å². The Kier molecular flexibility index (Phi) is 3.86. The maximum Gasteiger partial charge on any atom is 0.142 e. The summed E-state index contributed by atoms with van der Waals surface area (Å²) in [5.74, 6) is 0.897. The van der Waals surface area contributed by atoms with Gasteiger partial charge in [-0.25, -0.2) is 0 Å². The van der Waals surface area contributed by atoms with Gasteiger partial charge in [0, 0.05) is 22.9 Å². The Morgan fingerprint density at radius 2 is 1.74 bits per heavy atom. The number of benzene rings is 2. The standard InChI is InChI=1S/C20H23NO2/c1-22-20-12-16-15-10-6-7-11-18(15)23-19(16)13-17(20)21-14-8-4-2-3-5-9-14/h6-7,10-14,21H,2-5,8-9H2,1H3. The van der Waals surface area contributed by atoms with Gasteiger partial charge in [0.2, 0.25) is 0 Å². The molecule has 2 aromatic carbocycles. The molecule has 1 N–H and O–H groups in total. The summed E-state index contributed by atoms with van der Waals surface area (Å²) >= 11 is 0. The third-order valence-electron chi connectivity index (χ3n) is 4.91. The second-order valence-electron chi connectivity index (χ2n) is 6.48. The number of methoxy groups -OCH3 is 1. The van der Waals surface area contributed by atoms with Gasteiger partial charge in [-0.05, 0) is 25.0 Å². The molecule has 1 aromatic heterocycles. The van der Waals surface area contributed by atoms with E-state index in [0.29, 0.717) is 6.04 Å². The average Bonchev–Trinajstić information content (AvgIpc) is 2.74. The van der Waals surface area contributed by atoms with Crippen LogP contribution in [-0.2, 0) is 0 Å². The number of para-hydroxylation sites is 1. The van der Waals surface area contributed by atoms with Crippen LogP contribution < -0.4 is 10.1 Å². The van der Waals surface area contributed by atoms with E-state index < -0.39 is 0 Å². The molecule has 0 atom stereocenters. The van der Waals surface area contributed by atoms with Gasteiger partial charge in [0.25, 0.3) is 0 Å². The Balaban J connectivity index is 1.74. The minimum Gasteiger partial charge on any atom is -0.495 e. The fourth-order valence-corrected chi connectivity index (χ4v) is 3.68. The van der Waals surface area contributed by atoms with Crippen molar-refractivity contribution in [2.45, 2.75) is 44.6 Å². The van der Waals surface area contributed by atoms with Gasteiger partial charge >= 0.3 is 0 Å². The summed E-state index contributed by atoms with van der Waals surface area (Å²) in [5, 5.41) is 5.95. The molecular weight excluding hydrogens is 286 g/mol. The highest BCUT2D eigenvalue weighted by molar-refractivity contribution is 6.06. The summed E-state index contributed by atoms with van der Waals surface area (Å²) in [7, 11) is 1.74. The monoisotopic (exact) mass is 309 g/mol. The highest BCUT2D eigenvalue weighted by atomic mass is 16.5. The molecule has 1 aliphatic rings. The van der Waals surface area contributed by atoms with Crippen molar-refractivity contribution < 1.29 is 9.15 Å². The molecule has 120 valence electrons. The van der Waals surface area contributed by atoms with Crippen molar-refractivity contribution in [3.05, 3.63) is 36.4 Å². The number of hydrogen-bond acceptors (Lipinski definition) is 3. The minimum atomic E-state index is 0.535. The number of furan rings is 1. The first-order chi connectivity index (χ1) is 11.3. The Morgan fingerprint density at radius 1 is 0.957 bits per heavy atom. The van der Waals surface area contributed by atoms with Crippen LogP contribution in [0.1, 0.15) is 38.5 Å². The third kappa shape index (κ3) is 2.76. The molecule has 0 bridgehead atoms. The molecule has 0 radical (unpaired) electrons. The summed E-state index contributed by atoms with van der Waals surface area (Å²) < 4.78 is 11.7. The molecule has 1 fully saturated rings. The fraction of sp³-hybridized carbons (Fsp3) is 0.400. The highest BCUT2D eigenvalue weighted by Gasteiger charge is 2.16. The zero-order valence-corrected chi connectivity index (χ0v) is 13.6. The third-order valence-corrected chi connectivity index (χ3v) is 4.91. The average molecular weight is 309 g/mol. The summed E-state index contributed by atoms with van der Waals surface area (Å²) in [5.41, 5.74) is 2.89. The van der Waals surface area contributed by atoms with Crippen LogP contribution in [0, 0.1) is 0 Å². The Hall–Kier alpha value is -2.16. The van der Waals surface area contributed by atoms with Crippen LogP contribution in [0.2, 0.25) is 0 Å². The highest BCUT2D eigenvalue weighted by Crippen LogP contribution is 2.37. The van der Waals surface area contributed by atoms with Crippen LogP contribution in [-0.4, -0.2) is 13.2 Å². The van der Waals surface area contributed by atoms with E-state index in [1.165, 1.54) is 38.5 Å².